The number of hydrogen-bond acceptors (Lipinski definition) is 3. The van der Waals surface area contributed by atoms with Crippen LogP contribution in [0.5, 0.6) is 5.75 Å². The van der Waals surface area contributed by atoms with E-state index >= 15 is 0 Å². The van der Waals surface area contributed by atoms with Crippen LogP contribution in [-0.4, -0.2) is 11.1 Å². The summed E-state index contributed by atoms with van der Waals surface area (Å²) in [5, 5.41) is 2.63. The summed E-state index contributed by atoms with van der Waals surface area (Å²) < 4.78 is 100. The van der Waals surface area contributed by atoms with Crippen LogP contribution in [0.1, 0.15) is 27.9 Å². The first kappa shape index (κ1) is 28.9. The van der Waals surface area contributed by atoms with Gasteiger partial charge in [-0.25, -0.2) is 9.18 Å². The summed E-state index contributed by atoms with van der Waals surface area (Å²) >= 11 is 5.97. The van der Waals surface area contributed by atoms with E-state index in [4.69, 9.17) is 16.3 Å². The first-order valence-corrected chi connectivity index (χ1v) is 11.9. The van der Waals surface area contributed by atoms with Gasteiger partial charge < -0.3 is 10.1 Å². The molecular formula is C28H18ClF7N2O2. The number of halogens is 8. The van der Waals surface area contributed by atoms with Crippen molar-refractivity contribution in [2.24, 2.45) is 0 Å². The Morgan fingerprint density at radius 1 is 0.800 bits per heavy atom. The lowest BCUT2D eigenvalue weighted by Crippen LogP contribution is -2.50. The minimum absolute atomic E-state index is 0.0412. The topological polar surface area (TPSA) is 51.2 Å². The van der Waals surface area contributed by atoms with Gasteiger partial charge in [0.2, 0.25) is 0 Å². The van der Waals surface area contributed by atoms with Crippen molar-refractivity contribution in [3.63, 3.8) is 0 Å². The summed E-state index contributed by atoms with van der Waals surface area (Å²) in [6.07, 6.45) is -10.1. The first-order valence-electron chi connectivity index (χ1n) is 11.5. The van der Waals surface area contributed by atoms with Crippen LogP contribution in [0.2, 0.25) is 5.02 Å². The molecule has 0 aliphatic rings. The van der Waals surface area contributed by atoms with Gasteiger partial charge in [-0.2, -0.15) is 26.3 Å². The molecule has 1 aromatic heterocycles. The van der Waals surface area contributed by atoms with Gasteiger partial charge in [0.25, 0.3) is 0 Å². The van der Waals surface area contributed by atoms with Crippen LogP contribution in [0.25, 0.3) is 0 Å². The lowest BCUT2D eigenvalue weighted by molar-refractivity contribution is -0.138. The second kappa shape index (κ2) is 11.2. The maximum absolute atomic E-state index is 14.7. The summed E-state index contributed by atoms with van der Waals surface area (Å²) in [7, 11) is 0. The Morgan fingerprint density at radius 2 is 1.48 bits per heavy atom. The van der Waals surface area contributed by atoms with Gasteiger partial charge >= 0.3 is 18.4 Å². The SMILES string of the molecule is O=C(N[C@](Cc1ccccc1)(c1cc(F)cc(C(F)(F)F)c1)c1ccc(Cl)cn1)Oc1cccc(C(F)(F)F)c1. The Morgan fingerprint density at radius 3 is 2.10 bits per heavy atom. The summed E-state index contributed by atoms with van der Waals surface area (Å²) in [5.41, 5.74) is -4.31. The van der Waals surface area contributed by atoms with Crippen LogP contribution in [0.15, 0.2) is 91.1 Å². The molecule has 1 N–H and O–H groups in total. The minimum Gasteiger partial charge on any atom is -0.410 e. The Labute approximate surface area is 228 Å². The summed E-state index contributed by atoms with van der Waals surface area (Å²) in [4.78, 5) is 17.4. The highest BCUT2D eigenvalue weighted by molar-refractivity contribution is 6.30. The van der Waals surface area contributed by atoms with Crippen LogP contribution < -0.4 is 10.1 Å². The third-order valence-corrected chi connectivity index (χ3v) is 6.11. The standard InChI is InChI=1S/C28H18ClF7N2O2/c29-21-9-10-24(37-16-21)26(15-17-5-2-1-3-6-17,19-11-20(28(34,35)36)13-22(30)12-19)38-25(39)40-23-8-4-7-18(14-23)27(31,32)33/h1-14,16H,15H2,(H,38,39)/t26-/m1/s1. The van der Waals surface area contributed by atoms with Crippen LogP contribution in [0, 0.1) is 5.82 Å². The van der Waals surface area contributed by atoms with E-state index in [1.54, 1.807) is 30.3 Å². The monoisotopic (exact) mass is 582 g/mol. The number of nitrogens with zero attached hydrogens (tertiary/aromatic N) is 1. The Kier molecular flexibility index (Phi) is 8.06. The third-order valence-electron chi connectivity index (χ3n) is 5.88. The molecule has 208 valence electrons. The number of pyridine rings is 1. The molecule has 0 aliphatic carbocycles. The van der Waals surface area contributed by atoms with Crippen molar-refractivity contribution in [2.45, 2.75) is 24.3 Å². The molecule has 4 aromatic rings. The van der Waals surface area contributed by atoms with Gasteiger partial charge in [0.05, 0.1) is 21.8 Å². The van der Waals surface area contributed by atoms with E-state index < -0.39 is 46.7 Å². The van der Waals surface area contributed by atoms with E-state index in [0.29, 0.717) is 23.8 Å². The molecular weight excluding hydrogens is 565 g/mol. The van der Waals surface area contributed by atoms with Crippen molar-refractivity contribution in [1.82, 2.24) is 10.3 Å². The number of carbonyl (C=O) groups excluding carboxylic acids is 1. The fourth-order valence-corrected chi connectivity index (χ4v) is 4.21. The zero-order valence-electron chi connectivity index (χ0n) is 20.2. The maximum atomic E-state index is 14.7. The van der Waals surface area contributed by atoms with E-state index in [9.17, 15) is 35.5 Å². The number of amides is 1. The predicted molar refractivity (Wildman–Crippen MR) is 132 cm³/mol. The number of nitrogens with one attached hydrogen (secondary N) is 1. The lowest BCUT2D eigenvalue weighted by atomic mass is 9.80. The molecule has 3 aromatic carbocycles. The molecule has 40 heavy (non-hydrogen) atoms. The van der Waals surface area contributed by atoms with Crippen LogP contribution >= 0.6 is 11.6 Å². The summed E-state index contributed by atoms with van der Waals surface area (Å²) in [5.74, 6) is -1.73. The Balaban J connectivity index is 1.88. The van der Waals surface area contributed by atoms with Gasteiger partial charge in [-0.05, 0) is 59.7 Å². The summed E-state index contributed by atoms with van der Waals surface area (Å²) in [6, 6.07) is 16.1. The van der Waals surface area contributed by atoms with Crippen LogP contribution in [-0.2, 0) is 24.3 Å². The molecule has 0 saturated carbocycles. The summed E-state index contributed by atoms with van der Waals surface area (Å²) in [6.45, 7) is 0. The van der Waals surface area contributed by atoms with Crippen LogP contribution in [0.4, 0.5) is 35.5 Å². The molecule has 0 bridgehead atoms. The van der Waals surface area contributed by atoms with Gasteiger partial charge in [0.15, 0.2) is 0 Å². The van der Waals surface area contributed by atoms with Crippen molar-refractivity contribution in [1.29, 1.82) is 0 Å². The van der Waals surface area contributed by atoms with E-state index in [2.05, 4.69) is 10.3 Å². The Bertz CT molecular complexity index is 1490. The number of alkyl halides is 6. The zero-order valence-corrected chi connectivity index (χ0v) is 20.9. The number of rotatable bonds is 6. The van der Waals surface area contributed by atoms with E-state index in [1.807, 2.05) is 0 Å². The quantitative estimate of drug-likeness (QED) is 0.233. The lowest BCUT2D eigenvalue weighted by Gasteiger charge is -2.35. The van der Waals surface area contributed by atoms with Gasteiger partial charge in [0.1, 0.15) is 17.1 Å². The van der Waals surface area contributed by atoms with Crippen LogP contribution in [0.3, 0.4) is 0 Å². The predicted octanol–water partition coefficient (Wildman–Crippen LogP) is 8.19. The number of aromatic nitrogens is 1. The normalized spacial score (nSPS) is 13.4. The highest BCUT2D eigenvalue weighted by atomic mass is 35.5. The van der Waals surface area contributed by atoms with Crippen molar-refractivity contribution >= 4 is 17.7 Å². The van der Waals surface area contributed by atoms with E-state index in [-0.39, 0.29) is 22.7 Å². The Hall–Kier alpha value is -4.12. The molecule has 1 atom stereocenters. The zero-order chi connectivity index (χ0) is 29.1. The minimum atomic E-state index is -4.94. The number of benzene rings is 3. The average molecular weight is 583 g/mol. The molecule has 0 aliphatic heterocycles. The molecule has 0 saturated heterocycles. The van der Waals surface area contributed by atoms with Crippen molar-refractivity contribution in [3.05, 3.63) is 130 Å². The first-order chi connectivity index (χ1) is 18.8. The van der Waals surface area contributed by atoms with Gasteiger partial charge in [0, 0.05) is 12.6 Å². The molecule has 1 amide bonds. The molecule has 0 fully saturated rings. The largest absolute Gasteiger partial charge is 0.416 e. The molecule has 0 unspecified atom stereocenters. The number of hydrogen-bond donors (Lipinski definition) is 1. The number of ether oxygens (including phenoxy) is 1. The second-order valence-corrected chi connectivity index (χ2v) is 9.13. The van der Waals surface area contributed by atoms with Gasteiger partial charge in [-0.15, -0.1) is 0 Å². The fraction of sp³-hybridized carbons (Fsp3) is 0.143. The highest BCUT2D eigenvalue weighted by Gasteiger charge is 2.41. The molecule has 4 rings (SSSR count). The van der Waals surface area contributed by atoms with E-state index in [1.165, 1.54) is 18.3 Å². The maximum Gasteiger partial charge on any atom is 0.416 e. The van der Waals surface area contributed by atoms with Crippen molar-refractivity contribution < 1.29 is 40.3 Å². The van der Waals surface area contributed by atoms with E-state index in [0.717, 1.165) is 24.3 Å². The van der Waals surface area contributed by atoms with Crippen molar-refractivity contribution in [3.8, 4) is 5.75 Å². The van der Waals surface area contributed by atoms with Gasteiger partial charge in [-0.3, -0.25) is 4.98 Å². The third kappa shape index (κ3) is 6.71. The molecule has 1 heterocycles. The van der Waals surface area contributed by atoms with Crippen molar-refractivity contribution in [2.75, 3.05) is 0 Å². The highest BCUT2D eigenvalue weighted by Crippen LogP contribution is 2.38. The molecule has 4 nitrogen and oxygen atoms in total. The molecule has 0 spiro atoms. The average Bonchev–Trinajstić information content (AvgIpc) is 2.88. The van der Waals surface area contributed by atoms with Gasteiger partial charge in [-0.1, -0.05) is 48.0 Å². The second-order valence-electron chi connectivity index (χ2n) is 8.70. The number of carbonyl (C=O) groups is 1. The molecule has 12 heteroatoms. The fourth-order valence-electron chi connectivity index (χ4n) is 4.09. The molecule has 0 radical (unpaired) electrons. The smallest absolute Gasteiger partial charge is 0.410 e.